The largest absolute Gasteiger partial charge is 0.454 e. The number of hydrogen-bond donors (Lipinski definition) is 1. The van der Waals surface area contributed by atoms with Crippen LogP contribution in [-0.4, -0.2) is 29.4 Å². The lowest BCUT2D eigenvalue weighted by Gasteiger charge is -2.33. The van der Waals surface area contributed by atoms with Crippen LogP contribution in [0.3, 0.4) is 0 Å². The Morgan fingerprint density at radius 2 is 1.69 bits per heavy atom. The fourth-order valence-corrected chi connectivity index (χ4v) is 5.35. The molecule has 1 aliphatic rings. The normalized spacial score (nSPS) is 17.7. The molecule has 1 fully saturated rings. The molecule has 1 N–H and O–H groups in total. The number of hydrogen-bond acceptors (Lipinski definition) is 4. The second-order valence-corrected chi connectivity index (χ2v) is 10.6. The van der Waals surface area contributed by atoms with Gasteiger partial charge in [0.25, 0.3) is 5.78 Å². The van der Waals surface area contributed by atoms with Crippen molar-refractivity contribution in [3.8, 4) is 0 Å². The summed E-state index contributed by atoms with van der Waals surface area (Å²) in [5.41, 5.74) is -0.766. The van der Waals surface area contributed by atoms with E-state index in [1.54, 1.807) is 50.4 Å². The summed E-state index contributed by atoms with van der Waals surface area (Å²) in [6.07, 6.45) is -3.97. The monoisotopic (exact) mass is 405 g/mol. The van der Waals surface area contributed by atoms with Crippen LogP contribution in [-0.2, 0) is 8.87 Å². The van der Waals surface area contributed by atoms with Crippen molar-refractivity contribution in [2.45, 2.75) is 44.4 Å². The van der Waals surface area contributed by atoms with E-state index in [9.17, 15) is 22.8 Å². The predicted octanol–water partition coefficient (Wildman–Crippen LogP) is 5.46. The van der Waals surface area contributed by atoms with Crippen LogP contribution in [0.5, 0.6) is 0 Å². The third-order valence-corrected chi connectivity index (χ3v) is 7.28. The molecular formula is C18H22F3NO2S2. The zero-order chi connectivity index (χ0) is 19.8. The summed E-state index contributed by atoms with van der Waals surface area (Å²) in [5, 5.41) is 2.47. The van der Waals surface area contributed by atoms with Gasteiger partial charge in [0.05, 0.1) is 15.3 Å². The quantitative estimate of drug-likeness (QED) is 0.679. The number of carbonyl (C=O) groups excluding carboxylic acids is 2. The summed E-state index contributed by atoms with van der Waals surface area (Å²) in [4.78, 5) is 24.2. The Kier molecular flexibility index (Phi) is 6.07. The molecule has 1 heterocycles. The minimum Gasteiger partial charge on any atom is -0.325 e. The van der Waals surface area contributed by atoms with Crippen LogP contribution in [0, 0.1) is 5.41 Å². The van der Waals surface area contributed by atoms with Gasteiger partial charge in [-0.1, -0.05) is 26.8 Å². The second-order valence-electron chi connectivity index (χ2n) is 7.29. The van der Waals surface area contributed by atoms with E-state index in [-0.39, 0.29) is 5.69 Å². The van der Waals surface area contributed by atoms with E-state index in [2.05, 4.69) is 5.32 Å². The van der Waals surface area contributed by atoms with Crippen LogP contribution in [0.1, 0.15) is 50.0 Å². The van der Waals surface area contributed by atoms with Gasteiger partial charge in [0.2, 0.25) is 5.91 Å². The molecule has 8 heteroatoms. The lowest BCUT2D eigenvalue weighted by atomic mass is 9.94. The van der Waals surface area contributed by atoms with E-state index in [1.807, 2.05) is 6.92 Å². The highest BCUT2D eigenvalue weighted by Crippen LogP contribution is 2.50. The molecule has 0 aromatic heterocycles. The van der Waals surface area contributed by atoms with Crippen molar-refractivity contribution in [3.63, 3.8) is 0 Å². The molecule has 1 saturated heterocycles. The Bertz CT molecular complexity index is 705. The number of carbonyl (C=O) groups is 2. The molecule has 1 amide bonds. The number of halogens is 3. The molecule has 0 spiro atoms. The number of rotatable bonds is 3. The number of anilines is 1. The molecule has 144 valence electrons. The van der Waals surface area contributed by atoms with E-state index in [0.717, 1.165) is 17.9 Å². The van der Waals surface area contributed by atoms with Gasteiger partial charge in [0, 0.05) is 5.41 Å². The summed E-state index contributed by atoms with van der Waals surface area (Å²) < 4.78 is 38.8. The lowest BCUT2D eigenvalue weighted by Crippen LogP contribution is -2.30. The van der Waals surface area contributed by atoms with Gasteiger partial charge < -0.3 is 5.32 Å². The van der Waals surface area contributed by atoms with Crippen molar-refractivity contribution in [2.75, 3.05) is 16.8 Å². The maximum absolute atomic E-state index is 13.1. The molecule has 0 saturated carbocycles. The number of benzene rings is 1. The van der Waals surface area contributed by atoms with Crippen LogP contribution >= 0.6 is 23.5 Å². The highest BCUT2D eigenvalue weighted by atomic mass is 32.2. The molecule has 0 atom stereocenters. The first kappa shape index (κ1) is 21.2. The smallest absolute Gasteiger partial charge is 0.325 e. The molecule has 1 aliphatic heterocycles. The summed E-state index contributed by atoms with van der Waals surface area (Å²) in [6, 6.07) is 4.37. The molecule has 0 aliphatic carbocycles. The van der Waals surface area contributed by atoms with Crippen LogP contribution in [0.2, 0.25) is 0 Å². The molecule has 2 rings (SSSR count). The number of ketones is 1. The van der Waals surface area contributed by atoms with Gasteiger partial charge in [0.15, 0.2) is 0 Å². The van der Waals surface area contributed by atoms with Gasteiger partial charge in [-0.2, -0.15) is 13.2 Å². The molecule has 0 bridgehead atoms. The Morgan fingerprint density at radius 3 is 2.19 bits per heavy atom. The highest BCUT2D eigenvalue weighted by Gasteiger charge is 2.42. The van der Waals surface area contributed by atoms with Gasteiger partial charge in [-0.3, -0.25) is 9.59 Å². The maximum Gasteiger partial charge on any atom is 0.454 e. The van der Waals surface area contributed by atoms with Crippen molar-refractivity contribution in [3.05, 3.63) is 29.3 Å². The van der Waals surface area contributed by atoms with Crippen molar-refractivity contribution < 1.29 is 22.8 Å². The Labute approximate surface area is 159 Å². The first-order valence-corrected chi connectivity index (χ1v) is 10.2. The Morgan fingerprint density at radius 1 is 1.12 bits per heavy atom. The van der Waals surface area contributed by atoms with Gasteiger partial charge >= 0.3 is 6.18 Å². The first-order chi connectivity index (χ1) is 11.8. The molecule has 0 radical (unpaired) electrons. The van der Waals surface area contributed by atoms with Crippen molar-refractivity contribution in [2.24, 2.45) is 5.41 Å². The van der Waals surface area contributed by atoms with E-state index in [0.29, 0.717) is 5.56 Å². The average Bonchev–Trinajstić information content (AvgIpc) is 2.53. The molecular weight excluding hydrogens is 383 g/mol. The SMILES string of the molecule is CC(C)(C)C(=O)Nc1ccc(C2(C)SCCCS2)cc1C(=O)C(F)(F)F. The number of nitrogens with one attached hydrogen (secondary N) is 1. The number of alkyl halides is 3. The van der Waals surface area contributed by atoms with Crippen LogP contribution in [0.25, 0.3) is 0 Å². The van der Waals surface area contributed by atoms with Crippen molar-refractivity contribution >= 4 is 40.9 Å². The first-order valence-electron chi connectivity index (χ1n) is 8.20. The molecule has 0 unspecified atom stereocenters. The molecule has 1 aromatic rings. The fraction of sp³-hybridized carbons (Fsp3) is 0.556. The standard InChI is InChI=1S/C18H22F3NO2S2/c1-16(2,3)15(24)22-13-7-6-11(17(4)25-8-5-9-26-17)10-12(13)14(23)18(19,20)21/h6-7,10H,5,8-9H2,1-4H3,(H,22,24). The maximum atomic E-state index is 13.1. The number of thioether (sulfide) groups is 2. The van der Waals surface area contributed by atoms with Crippen LogP contribution < -0.4 is 5.32 Å². The van der Waals surface area contributed by atoms with Crippen molar-refractivity contribution in [1.29, 1.82) is 0 Å². The van der Waals surface area contributed by atoms with Crippen LogP contribution in [0.15, 0.2) is 18.2 Å². The average molecular weight is 406 g/mol. The summed E-state index contributed by atoms with van der Waals surface area (Å²) in [6.45, 7) is 6.90. The van der Waals surface area contributed by atoms with Gasteiger partial charge in [-0.15, -0.1) is 23.5 Å². The minimum absolute atomic E-state index is 0.106. The number of Topliss-reactive ketones (excluding diaryl/α,β-unsaturated/α-hetero) is 1. The predicted molar refractivity (Wildman–Crippen MR) is 102 cm³/mol. The highest BCUT2D eigenvalue weighted by molar-refractivity contribution is 8.18. The van der Waals surface area contributed by atoms with Gasteiger partial charge in [-0.25, -0.2) is 0 Å². The zero-order valence-electron chi connectivity index (χ0n) is 15.1. The summed E-state index contributed by atoms with van der Waals surface area (Å²) >= 11 is 3.31. The summed E-state index contributed by atoms with van der Waals surface area (Å²) in [7, 11) is 0. The lowest BCUT2D eigenvalue weighted by molar-refractivity contribution is -0.123. The summed E-state index contributed by atoms with van der Waals surface area (Å²) in [5.74, 6) is -0.574. The van der Waals surface area contributed by atoms with E-state index in [4.69, 9.17) is 0 Å². The van der Waals surface area contributed by atoms with Gasteiger partial charge in [0.1, 0.15) is 0 Å². The topological polar surface area (TPSA) is 46.2 Å². The van der Waals surface area contributed by atoms with E-state index < -0.39 is 32.9 Å². The third-order valence-electron chi connectivity index (χ3n) is 4.02. The molecule has 1 aromatic carbocycles. The third kappa shape index (κ3) is 4.76. The molecule has 3 nitrogen and oxygen atoms in total. The Balaban J connectivity index is 2.48. The van der Waals surface area contributed by atoms with Crippen molar-refractivity contribution in [1.82, 2.24) is 0 Å². The number of amides is 1. The van der Waals surface area contributed by atoms with E-state index in [1.165, 1.54) is 12.1 Å². The van der Waals surface area contributed by atoms with Gasteiger partial charge in [-0.05, 0) is 42.5 Å². The molecule has 26 heavy (non-hydrogen) atoms. The van der Waals surface area contributed by atoms with Crippen LogP contribution in [0.4, 0.5) is 18.9 Å². The Hall–Kier alpha value is -1.15. The van der Waals surface area contributed by atoms with E-state index >= 15 is 0 Å². The second kappa shape index (κ2) is 7.46. The zero-order valence-corrected chi connectivity index (χ0v) is 16.8. The minimum atomic E-state index is -5.01. The fourth-order valence-electron chi connectivity index (χ4n) is 2.39.